The lowest BCUT2D eigenvalue weighted by molar-refractivity contribution is 0.285. The summed E-state index contributed by atoms with van der Waals surface area (Å²) in [4.78, 5) is 0.219. The van der Waals surface area contributed by atoms with Crippen LogP contribution in [0.15, 0.2) is 4.90 Å². The van der Waals surface area contributed by atoms with Gasteiger partial charge in [-0.05, 0) is 26.7 Å². The van der Waals surface area contributed by atoms with E-state index in [-0.39, 0.29) is 11.5 Å². The maximum absolute atomic E-state index is 11.9. The molecule has 1 rings (SSSR count). The highest BCUT2D eigenvalue weighted by atomic mass is 32.2. The van der Waals surface area contributed by atoms with Gasteiger partial charge < -0.3 is 5.11 Å². The average Bonchev–Trinajstić information content (AvgIpc) is 2.54. The minimum Gasteiger partial charge on any atom is -0.396 e. The standard InChI is InChI=1S/C9H17N3O3S/c1-7-9(8(2)12-11-7)16(14,15)10-5-3-4-6-13/h10,13H,3-6H2,1-2H3,(H,11,12). The molecule has 1 aromatic rings. The maximum Gasteiger partial charge on any atom is 0.244 e. The molecule has 1 heterocycles. The average molecular weight is 247 g/mol. The van der Waals surface area contributed by atoms with Gasteiger partial charge in [-0.25, -0.2) is 13.1 Å². The Labute approximate surface area is 95.1 Å². The molecule has 16 heavy (non-hydrogen) atoms. The van der Waals surface area contributed by atoms with Crippen LogP contribution in [0.1, 0.15) is 24.2 Å². The van der Waals surface area contributed by atoms with E-state index in [2.05, 4.69) is 14.9 Å². The fraction of sp³-hybridized carbons (Fsp3) is 0.667. The van der Waals surface area contributed by atoms with Crippen molar-refractivity contribution < 1.29 is 13.5 Å². The molecule has 0 saturated carbocycles. The number of rotatable bonds is 6. The van der Waals surface area contributed by atoms with Crippen molar-refractivity contribution in [1.29, 1.82) is 0 Å². The summed E-state index contributed by atoms with van der Waals surface area (Å²) < 4.78 is 26.2. The van der Waals surface area contributed by atoms with Crippen LogP contribution in [0.5, 0.6) is 0 Å². The van der Waals surface area contributed by atoms with Gasteiger partial charge in [-0.1, -0.05) is 0 Å². The molecule has 0 aliphatic heterocycles. The number of H-pyrrole nitrogens is 1. The number of sulfonamides is 1. The van der Waals surface area contributed by atoms with Crippen LogP contribution < -0.4 is 4.72 Å². The smallest absolute Gasteiger partial charge is 0.244 e. The molecule has 6 nitrogen and oxygen atoms in total. The summed E-state index contributed by atoms with van der Waals surface area (Å²) in [5, 5.41) is 15.1. The van der Waals surface area contributed by atoms with Crippen molar-refractivity contribution >= 4 is 10.0 Å². The largest absolute Gasteiger partial charge is 0.396 e. The molecule has 0 aromatic carbocycles. The van der Waals surface area contributed by atoms with Gasteiger partial charge in [-0.2, -0.15) is 5.10 Å². The Morgan fingerprint density at radius 1 is 1.38 bits per heavy atom. The van der Waals surface area contributed by atoms with Gasteiger partial charge in [-0.15, -0.1) is 0 Å². The number of aromatic nitrogens is 2. The number of hydrogen-bond donors (Lipinski definition) is 3. The Bertz CT molecular complexity index is 419. The zero-order chi connectivity index (χ0) is 12.2. The van der Waals surface area contributed by atoms with Crippen LogP contribution in [0.25, 0.3) is 0 Å². The normalized spacial score (nSPS) is 11.9. The van der Waals surface area contributed by atoms with Crippen molar-refractivity contribution in [3.8, 4) is 0 Å². The van der Waals surface area contributed by atoms with Crippen LogP contribution in [-0.4, -0.2) is 36.9 Å². The van der Waals surface area contributed by atoms with Crippen LogP contribution in [0.3, 0.4) is 0 Å². The number of hydrogen-bond acceptors (Lipinski definition) is 4. The molecule has 1 aromatic heterocycles. The molecule has 0 unspecified atom stereocenters. The number of aromatic amines is 1. The lowest BCUT2D eigenvalue weighted by Crippen LogP contribution is -2.25. The zero-order valence-electron chi connectivity index (χ0n) is 9.45. The van der Waals surface area contributed by atoms with Gasteiger partial charge in [-0.3, -0.25) is 5.10 Å². The summed E-state index contributed by atoms with van der Waals surface area (Å²) in [5.74, 6) is 0. The van der Waals surface area contributed by atoms with Gasteiger partial charge in [0.15, 0.2) is 0 Å². The molecule has 0 saturated heterocycles. The fourth-order valence-electron chi connectivity index (χ4n) is 1.45. The van der Waals surface area contributed by atoms with Crippen LogP contribution in [0.2, 0.25) is 0 Å². The highest BCUT2D eigenvalue weighted by molar-refractivity contribution is 7.89. The molecule has 92 valence electrons. The van der Waals surface area contributed by atoms with E-state index in [4.69, 9.17) is 5.11 Å². The third-order valence-corrected chi connectivity index (χ3v) is 3.93. The van der Waals surface area contributed by atoms with E-state index in [1.54, 1.807) is 13.8 Å². The Balaban J connectivity index is 2.71. The molecular formula is C9H17N3O3S. The van der Waals surface area contributed by atoms with Crippen molar-refractivity contribution in [2.75, 3.05) is 13.2 Å². The first-order valence-electron chi connectivity index (χ1n) is 5.11. The van der Waals surface area contributed by atoms with E-state index in [1.165, 1.54) is 0 Å². The lowest BCUT2D eigenvalue weighted by atomic mass is 10.3. The van der Waals surface area contributed by atoms with Gasteiger partial charge in [0.25, 0.3) is 0 Å². The highest BCUT2D eigenvalue weighted by Gasteiger charge is 2.21. The van der Waals surface area contributed by atoms with Crippen molar-refractivity contribution in [2.45, 2.75) is 31.6 Å². The number of aliphatic hydroxyl groups is 1. The number of nitrogens with zero attached hydrogens (tertiary/aromatic N) is 1. The second kappa shape index (κ2) is 5.42. The first-order valence-corrected chi connectivity index (χ1v) is 6.59. The Hall–Kier alpha value is -0.920. The highest BCUT2D eigenvalue weighted by Crippen LogP contribution is 2.15. The summed E-state index contributed by atoms with van der Waals surface area (Å²) in [5.41, 5.74) is 0.999. The van der Waals surface area contributed by atoms with E-state index in [9.17, 15) is 8.42 Å². The van der Waals surface area contributed by atoms with E-state index in [0.29, 0.717) is 30.8 Å². The molecule has 0 aliphatic carbocycles. The number of aliphatic hydroxyl groups excluding tert-OH is 1. The predicted molar refractivity (Wildman–Crippen MR) is 59.6 cm³/mol. The van der Waals surface area contributed by atoms with Crippen molar-refractivity contribution in [2.24, 2.45) is 0 Å². The molecule has 0 aliphatic rings. The third kappa shape index (κ3) is 3.03. The molecule has 3 N–H and O–H groups in total. The molecule has 7 heteroatoms. The summed E-state index contributed by atoms with van der Waals surface area (Å²) >= 11 is 0. The topological polar surface area (TPSA) is 95.1 Å². The number of unbranched alkanes of at least 4 members (excludes halogenated alkanes) is 1. The van der Waals surface area contributed by atoms with Crippen molar-refractivity contribution in [1.82, 2.24) is 14.9 Å². The second-order valence-electron chi connectivity index (χ2n) is 3.59. The van der Waals surface area contributed by atoms with Gasteiger partial charge in [0.05, 0.1) is 11.4 Å². The van der Waals surface area contributed by atoms with Crippen LogP contribution in [0.4, 0.5) is 0 Å². The van der Waals surface area contributed by atoms with E-state index >= 15 is 0 Å². The van der Waals surface area contributed by atoms with Gasteiger partial charge in [0, 0.05) is 13.2 Å². The van der Waals surface area contributed by atoms with Crippen LogP contribution in [0, 0.1) is 13.8 Å². The first kappa shape index (κ1) is 13.1. The Kier molecular flexibility index (Phi) is 4.45. The summed E-state index contributed by atoms with van der Waals surface area (Å²) in [6, 6.07) is 0. The Morgan fingerprint density at radius 3 is 2.56 bits per heavy atom. The zero-order valence-corrected chi connectivity index (χ0v) is 10.3. The van der Waals surface area contributed by atoms with Crippen molar-refractivity contribution in [3.05, 3.63) is 11.4 Å². The fourth-order valence-corrected chi connectivity index (χ4v) is 2.89. The summed E-state index contributed by atoms with van der Waals surface area (Å²) in [6.45, 7) is 3.71. The Morgan fingerprint density at radius 2 is 2.06 bits per heavy atom. The predicted octanol–water partition coefficient (Wildman–Crippen LogP) is 0.0773. The quantitative estimate of drug-likeness (QED) is 0.620. The minimum atomic E-state index is -3.48. The first-order chi connectivity index (χ1) is 7.49. The van der Waals surface area contributed by atoms with Crippen LogP contribution in [-0.2, 0) is 10.0 Å². The lowest BCUT2D eigenvalue weighted by Gasteiger charge is -2.05. The van der Waals surface area contributed by atoms with E-state index < -0.39 is 10.0 Å². The number of nitrogens with one attached hydrogen (secondary N) is 2. The summed E-state index contributed by atoms with van der Waals surface area (Å²) in [7, 11) is -3.48. The maximum atomic E-state index is 11.9. The monoisotopic (exact) mass is 247 g/mol. The van der Waals surface area contributed by atoms with Crippen molar-refractivity contribution in [3.63, 3.8) is 0 Å². The SMILES string of the molecule is Cc1n[nH]c(C)c1S(=O)(=O)NCCCCO. The molecule has 0 fully saturated rings. The van der Waals surface area contributed by atoms with Crippen LogP contribution >= 0.6 is 0 Å². The van der Waals surface area contributed by atoms with E-state index in [1.807, 2.05) is 0 Å². The van der Waals surface area contributed by atoms with Gasteiger partial charge in [0.1, 0.15) is 4.90 Å². The molecule has 0 amide bonds. The molecule has 0 spiro atoms. The molecule has 0 atom stereocenters. The minimum absolute atomic E-state index is 0.0749. The van der Waals surface area contributed by atoms with E-state index in [0.717, 1.165) is 0 Å². The number of aryl methyl sites for hydroxylation is 2. The molecule has 0 radical (unpaired) electrons. The van der Waals surface area contributed by atoms with Gasteiger partial charge in [0.2, 0.25) is 10.0 Å². The molecule has 0 bridgehead atoms. The second-order valence-corrected chi connectivity index (χ2v) is 5.30. The molecular weight excluding hydrogens is 230 g/mol. The van der Waals surface area contributed by atoms with Gasteiger partial charge >= 0.3 is 0 Å². The summed E-state index contributed by atoms with van der Waals surface area (Å²) in [6.07, 6.45) is 1.21. The third-order valence-electron chi connectivity index (χ3n) is 2.21.